The predicted molar refractivity (Wildman–Crippen MR) is 220 cm³/mol. The normalized spacial score (nSPS) is 11.6. The van der Waals surface area contributed by atoms with Crippen LogP contribution in [0.25, 0.3) is 99.3 Å². The average molecular weight is 648 g/mol. The molecule has 1 aromatic heterocycles. The molecule has 9 aromatic carbocycles. The maximum absolute atomic E-state index is 4.08. The molecule has 1 heteroatoms. The Morgan fingerprint density at radius 3 is 1.45 bits per heavy atom. The van der Waals surface area contributed by atoms with Gasteiger partial charge in [-0.1, -0.05) is 146 Å². The van der Waals surface area contributed by atoms with Crippen LogP contribution in [0.2, 0.25) is 0 Å². The van der Waals surface area contributed by atoms with E-state index >= 15 is 0 Å². The van der Waals surface area contributed by atoms with Gasteiger partial charge in [-0.3, -0.25) is 0 Å². The van der Waals surface area contributed by atoms with Crippen LogP contribution in [0, 0.1) is 0 Å². The van der Waals surface area contributed by atoms with Gasteiger partial charge in [0.1, 0.15) is 0 Å². The van der Waals surface area contributed by atoms with Crippen LogP contribution in [0.3, 0.4) is 0 Å². The van der Waals surface area contributed by atoms with Gasteiger partial charge in [0.15, 0.2) is 0 Å². The van der Waals surface area contributed by atoms with E-state index in [9.17, 15) is 0 Å². The summed E-state index contributed by atoms with van der Waals surface area (Å²) in [4.78, 5) is 0. The van der Waals surface area contributed by atoms with Gasteiger partial charge in [-0.2, -0.15) is 0 Å². The molecule has 1 nitrogen and oxygen atoms in total. The second-order valence-corrected chi connectivity index (χ2v) is 13.4. The number of benzene rings is 9. The summed E-state index contributed by atoms with van der Waals surface area (Å²) < 4.78 is 2.40. The van der Waals surface area contributed by atoms with Gasteiger partial charge < -0.3 is 4.57 Å². The van der Waals surface area contributed by atoms with E-state index in [-0.39, 0.29) is 0 Å². The first-order valence-corrected chi connectivity index (χ1v) is 17.5. The lowest BCUT2D eigenvalue weighted by Crippen LogP contribution is -1.94. The minimum atomic E-state index is 1.11. The van der Waals surface area contributed by atoms with Crippen LogP contribution in [0.15, 0.2) is 189 Å². The van der Waals surface area contributed by atoms with Crippen molar-refractivity contribution >= 4 is 60.2 Å². The summed E-state index contributed by atoms with van der Waals surface area (Å²) in [5.41, 5.74) is 11.9. The molecule has 0 atom stereocenters. The standard InChI is InChI=1S/C50H33N/c1-2-33-22-26-49-47(28-33)48-32-39(24-27-50(48)51(49)40-17-11-16-37(30-40)34-12-4-3-5-13-34)36-15-10-14-35(29-36)38-23-25-45-43-20-7-6-18-41(43)42-19-8-9-21-44(42)46(45)31-38/h2-32H,1H2. The molecule has 51 heavy (non-hydrogen) atoms. The van der Waals surface area contributed by atoms with Gasteiger partial charge in [-0.05, 0) is 120 Å². The fourth-order valence-electron chi connectivity index (χ4n) is 8.05. The van der Waals surface area contributed by atoms with Crippen molar-refractivity contribution in [3.63, 3.8) is 0 Å². The molecule has 238 valence electrons. The largest absolute Gasteiger partial charge is 0.309 e. The highest BCUT2D eigenvalue weighted by Gasteiger charge is 2.15. The minimum Gasteiger partial charge on any atom is -0.309 e. The molecule has 0 saturated heterocycles. The van der Waals surface area contributed by atoms with E-state index < -0.39 is 0 Å². The summed E-state index contributed by atoms with van der Waals surface area (Å²) >= 11 is 0. The van der Waals surface area contributed by atoms with Gasteiger partial charge in [0.05, 0.1) is 11.0 Å². The summed E-state index contributed by atoms with van der Waals surface area (Å²) in [6, 6.07) is 66.5. The van der Waals surface area contributed by atoms with E-state index in [0.717, 1.165) is 11.3 Å². The molecular formula is C50H33N. The molecule has 0 unspecified atom stereocenters. The summed E-state index contributed by atoms with van der Waals surface area (Å²) in [7, 11) is 0. The van der Waals surface area contributed by atoms with Crippen molar-refractivity contribution in [3.8, 4) is 39.1 Å². The second kappa shape index (κ2) is 11.7. The van der Waals surface area contributed by atoms with Crippen molar-refractivity contribution in [2.24, 2.45) is 0 Å². The molecule has 0 radical (unpaired) electrons. The average Bonchev–Trinajstić information content (AvgIpc) is 3.54. The highest BCUT2D eigenvalue weighted by Crippen LogP contribution is 2.39. The fraction of sp³-hybridized carbons (Fsp3) is 0. The first-order valence-electron chi connectivity index (χ1n) is 17.5. The van der Waals surface area contributed by atoms with Crippen LogP contribution < -0.4 is 0 Å². The Morgan fingerprint density at radius 2 is 0.784 bits per heavy atom. The molecule has 0 fully saturated rings. The molecule has 0 aliphatic heterocycles. The molecule has 0 bridgehead atoms. The zero-order valence-electron chi connectivity index (χ0n) is 28.1. The number of hydrogen-bond acceptors (Lipinski definition) is 0. The predicted octanol–water partition coefficient (Wildman–Crippen LogP) is 13.9. The highest BCUT2D eigenvalue weighted by molar-refractivity contribution is 6.25. The lowest BCUT2D eigenvalue weighted by Gasteiger charge is -2.13. The zero-order chi connectivity index (χ0) is 33.9. The van der Waals surface area contributed by atoms with E-state index in [2.05, 4.69) is 193 Å². The van der Waals surface area contributed by atoms with Gasteiger partial charge >= 0.3 is 0 Å². The molecule has 0 spiro atoms. The van der Waals surface area contributed by atoms with Crippen LogP contribution in [0.5, 0.6) is 0 Å². The number of aromatic nitrogens is 1. The molecular weight excluding hydrogens is 615 g/mol. The van der Waals surface area contributed by atoms with Gasteiger partial charge in [-0.15, -0.1) is 0 Å². The quantitative estimate of drug-likeness (QED) is 0.164. The summed E-state index contributed by atoms with van der Waals surface area (Å²) in [5.74, 6) is 0. The van der Waals surface area contributed by atoms with E-state index in [1.54, 1.807) is 0 Å². The third-order valence-corrected chi connectivity index (χ3v) is 10.5. The van der Waals surface area contributed by atoms with Gasteiger partial charge in [-0.25, -0.2) is 0 Å². The van der Waals surface area contributed by atoms with Crippen molar-refractivity contribution in [1.29, 1.82) is 0 Å². The number of rotatable bonds is 5. The third kappa shape index (κ3) is 4.78. The van der Waals surface area contributed by atoms with Crippen LogP contribution in [0.4, 0.5) is 0 Å². The molecule has 0 saturated carbocycles. The first kappa shape index (κ1) is 29.2. The summed E-state index contributed by atoms with van der Waals surface area (Å²) in [6.07, 6.45) is 1.93. The van der Waals surface area contributed by atoms with Crippen LogP contribution in [-0.2, 0) is 0 Å². The van der Waals surface area contributed by atoms with Gasteiger partial charge in [0.2, 0.25) is 0 Å². The van der Waals surface area contributed by atoms with Crippen LogP contribution in [0.1, 0.15) is 5.56 Å². The monoisotopic (exact) mass is 647 g/mol. The van der Waals surface area contributed by atoms with Crippen molar-refractivity contribution in [3.05, 3.63) is 194 Å². The number of fused-ring (bicyclic) bond motifs is 9. The maximum atomic E-state index is 4.08. The van der Waals surface area contributed by atoms with E-state index in [1.165, 1.54) is 87.5 Å². The minimum absolute atomic E-state index is 1.11. The Kier molecular flexibility index (Phi) is 6.72. The Morgan fingerprint density at radius 1 is 0.314 bits per heavy atom. The Balaban J connectivity index is 1.12. The van der Waals surface area contributed by atoms with E-state index in [0.29, 0.717) is 0 Å². The van der Waals surface area contributed by atoms with Gasteiger partial charge in [0, 0.05) is 16.5 Å². The second-order valence-electron chi connectivity index (χ2n) is 13.4. The highest BCUT2D eigenvalue weighted by atomic mass is 15.0. The zero-order valence-corrected chi connectivity index (χ0v) is 28.1. The van der Waals surface area contributed by atoms with Crippen molar-refractivity contribution in [2.45, 2.75) is 0 Å². The van der Waals surface area contributed by atoms with Crippen LogP contribution in [-0.4, -0.2) is 4.57 Å². The Bertz CT molecular complexity index is 2940. The van der Waals surface area contributed by atoms with Crippen molar-refractivity contribution in [1.82, 2.24) is 4.57 Å². The van der Waals surface area contributed by atoms with E-state index in [1.807, 2.05) is 6.08 Å². The number of hydrogen-bond donors (Lipinski definition) is 0. The lowest BCUT2D eigenvalue weighted by molar-refractivity contribution is 1.18. The van der Waals surface area contributed by atoms with Crippen LogP contribution >= 0.6 is 0 Å². The Labute approximate surface area is 297 Å². The first-order chi connectivity index (χ1) is 25.2. The summed E-state index contributed by atoms with van der Waals surface area (Å²) in [6.45, 7) is 4.08. The molecule has 10 rings (SSSR count). The smallest absolute Gasteiger partial charge is 0.0541 e. The summed E-state index contributed by atoms with van der Waals surface area (Å²) in [5, 5.41) is 10.2. The maximum Gasteiger partial charge on any atom is 0.0541 e. The topological polar surface area (TPSA) is 4.93 Å². The van der Waals surface area contributed by atoms with Crippen molar-refractivity contribution < 1.29 is 0 Å². The fourth-order valence-corrected chi connectivity index (χ4v) is 8.05. The SMILES string of the molecule is C=Cc1ccc2c(c1)c1cc(-c3cccc(-c4ccc5c6ccccc6c6ccccc6c5c4)c3)ccc1n2-c1cccc(-c2ccccc2)c1. The molecule has 0 N–H and O–H groups in total. The molecule has 1 heterocycles. The van der Waals surface area contributed by atoms with Crippen molar-refractivity contribution in [2.75, 3.05) is 0 Å². The third-order valence-electron chi connectivity index (χ3n) is 10.5. The molecule has 10 aromatic rings. The van der Waals surface area contributed by atoms with Gasteiger partial charge in [0.25, 0.3) is 0 Å². The van der Waals surface area contributed by atoms with E-state index in [4.69, 9.17) is 0 Å². The lowest BCUT2D eigenvalue weighted by atomic mass is 9.91. The molecule has 0 aliphatic rings. The molecule has 0 amide bonds. The Hall–Kier alpha value is -6.70. The molecule has 0 aliphatic carbocycles. The number of nitrogens with zero attached hydrogens (tertiary/aromatic N) is 1.